The Bertz CT molecular complexity index is 1060. The van der Waals surface area contributed by atoms with Gasteiger partial charge in [-0.15, -0.1) is 6.58 Å². The van der Waals surface area contributed by atoms with Crippen LogP contribution < -0.4 is 16.0 Å². The van der Waals surface area contributed by atoms with Crippen LogP contribution in [0.4, 0.5) is 4.79 Å². The van der Waals surface area contributed by atoms with Crippen molar-refractivity contribution in [3.63, 3.8) is 0 Å². The molecule has 0 aromatic carbocycles. The standard InChI is InChI=1S/C28H44N4O8/c1-11-12-16(20(34)23(36)29-13-17(33)39-10)30-22(35)19-18-15(28(18,8)9)14-32(19)24(37)21(26(2,3)4)31-25(38)40-27(5,6)7/h11,15-16,18-19,21H,1,12-14H2,2-10H3,(H,29,36)(H,30,35)(H,31,38). The van der Waals surface area contributed by atoms with Crippen molar-refractivity contribution in [3.05, 3.63) is 12.7 Å². The van der Waals surface area contributed by atoms with Crippen molar-refractivity contribution < 1.29 is 38.2 Å². The molecular weight excluding hydrogens is 520 g/mol. The number of alkyl carbamates (subject to hydrolysis) is 1. The Kier molecular flexibility index (Phi) is 9.81. The molecule has 1 aliphatic heterocycles. The molecule has 5 unspecified atom stereocenters. The van der Waals surface area contributed by atoms with E-state index in [0.29, 0.717) is 6.54 Å². The second-order valence-electron chi connectivity index (χ2n) is 13.0. The molecule has 0 bridgehead atoms. The van der Waals surface area contributed by atoms with Crippen LogP contribution in [0.1, 0.15) is 61.8 Å². The third kappa shape index (κ3) is 7.60. The molecule has 12 nitrogen and oxygen atoms in total. The summed E-state index contributed by atoms with van der Waals surface area (Å²) in [7, 11) is 1.14. The minimum absolute atomic E-state index is 0.0425. The lowest BCUT2D eigenvalue weighted by atomic mass is 9.85. The normalized spacial score (nSPS) is 22.6. The van der Waals surface area contributed by atoms with Gasteiger partial charge in [0, 0.05) is 6.54 Å². The third-order valence-corrected chi connectivity index (χ3v) is 7.41. The summed E-state index contributed by atoms with van der Waals surface area (Å²) in [4.78, 5) is 78.2. The van der Waals surface area contributed by atoms with Crippen LogP contribution in [0.2, 0.25) is 0 Å². The molecule has 40 heavy (non-hydrogen) atoms. The van der Waals surface area contributed by atoms with Crippen molar-refractivity contribution in [2.45, 2.75) is 85.5 Å². The number of nitrogens with one attached hydrogen (secondary N) is 3. The SMILES string of the molecule is C=CCC(NC(=O)C1C2C(CN1C(=O)C(NC(=O)OC(C)(C)C)C(C)(C)C)C2(C)C)C(=O)C(=O)NCC(=O)OC. The average molecular weight is 565 g/mol. The van der Waals surface area contributed by atoms with Gasteiger partial charge in [-0.2, -0.15) is 0 Å². The van der Waals surface area contributed by atoms with Crippen LogP contribution in [-0.4, -0.2) is 84.4 Å². The van der Waals surface area contributed by atoms with Gasteiger partial charge in [-0.1, -0.05) is 40.7 Å². The molecule has 0 radical (unpaired) electrons. The smallest absolute Gasteiger partial charge is 0.408 e. The number of ether oxygens (including phenoxy) is 2. The predicted molar refractivity (Wildman–Crippen MR) is 146 cm³/mol. The lowest BCUT2D eigenvalue weighted by molar-refractivity contribution is -0.146. The Morgan fingerprint density at radius 2 is 1.65 bits per heavy atom. The number of hydrogen-bond acceptors (Lipinski definition) is 8. The Labute approximate surface area is 235 Å². The van der Waals surface area contributed by atoms with Crippen LogP contribution in [0.25, 0.3) is 0 Å². The van der Waals surface area contributed by atoms with Crippen molar-refractivity contribution in [1.82, 2.24) is 20.9 Å². The summed E-state index contributed by atoms with van der Waals surface area (Å²) in [5, 5.41) is 7.48. The zero-order chi connectivity index (χ0) is 30.8. The first-order chi connectivity index (χ1) is 18.3. The zero-order valence-electron chi connectivity index (χ0n) is 25.0. The van der Waals surface area contributed by atoms with Crippen molar-refractivity contribution >= 4 is 35.6 Å². The van der Waals surface area contributed by atoms with Gasteiger partial charge in [0.2, 0.25) is 17.6 Å². The fraction of sp³-hybridized carbons (Fsp3) is 0.714. The first-order valence-corrected chi connectivity index (χ1v) is 13.4. The maximum absolute atomic E-state index is 13.9. The number of Topliss-reactive ketones (excluding diaryl/α,β-unsaturated/α-hetero) is 1. The first kappa shape index (κ1) is 32.8. The maximum atomic E-state index is 13.9. The van der Waals surface area contributed by atoms with Gasteiger partial charge in [0.1, 0.15) is 30.3 Å². The number of carbonyl (C=O) groups is 6. The van der Waals surface area contributed by atoms with Gasteiger partial charge >= 0.3 is 12.1 Å². The summed E-state index contributed by atoms with van der Waals surface area (Å²) < 4.78 is 9.83. The molecule has 12 heteroatoms. The number of ketones is 1. The summed E-state index contributed by atoms with van der Waals surface area (Å²) >= 11 is 0. The highest BCUT2D eigenvalue weighted by Gasteiger charge is 2.70. The summed E-state index contributed by atoms with van der Waals surface area (Å²) in [6, 6.07) is -3.16. The number of methoxy groups -OCH3 is 1. The molecule has 2 rings (SSSR count). The van der Waals surface area contributed by atoms with Gasteiger partial charge in [0.25, 0.3) is 5.91 Å². The lowest BCUT2D eigenvalue weighted by Crippen LogP contribution is -2.60. The molecule has 1 saturated carbocycles. The molecule has 1 saturated heterocycles. The quantitative estimate of drug-likeness (QED) is 0.204. The van der Waals surface area contributed by atoms with E-state index >= 15 is 0 Å². The minimum Gasteiger partial charge on any atom is -0.468 e. The van der Waals surface area contributed by atoms with E-state index in [2.05, 4.69) is 27.3 Å². The average Bonchev–Trinajstić information content (AvgIpc) is 3.16. The van der Waals surface area contributed by atoms with Crippen LogP contribution in [0, 0.1) is 22.7 Å². The molecule has 2 fully saturated rings. The Morgan fingerprint density at radius 3 is 2.15 bits per heavy atom. The van der Waals surface area contributed by atoms with Gasteiger partial charge in [-0.3, -0.25) is 24.0 Å². The van der Waals surface area contributed by atoms with E-state index < -0.39 is 71.3 Å². The number of likely N-dealkylation sites (tertiary alicyclic amines) is 1. The van der Waals surface area contributed by atoms with E-state index in [-0.39, 0.29) is 23.7 Å². The highest BCUT2D eigenvalue weighted by Crippen LogP contribution is 2.65. The van der Waals surface area contributed by atoms with Crippen molar-refractivity contribution in [3.8, 4) is 0 Å². The molecule has 1 heterocycles. The van der Waals surface area contributed by atoms with Gasteiger partial charge < -0.3 is 30.3 Å². The Hall–Kier alpha value is -3.44. The Balaban J connectivity index is 2.28. The molecule has 0 spiro atoms. The fourth-order valence-electron chi connectivity index (χ4n) is 5.18. The number of piperidine rings is 1. The van der Waals surface area contributed by atoms with E-state index in [4.69, 9.17) is 4.74 Å². The largest absolute Gasteiger partial charge is 0.468 e. The number of fused-ring (bicyclic) bond motifs is 1. The first-order valence-electron chi connectivity index (χ1n) is 13.4. The fourth-order valence-corrected chi connectivity index (χ4v) is 5.18. The highest BCUT2D eigenvalue weighted by atomic mass is 16.6. The zero-order valence-corrected chi connectivity index (χ0v) is 25.0. The van der Waals surface area contributed by atoms with E-state index in [1.807, 2.05) is 13.8 Å². The number of hydrogen-bond donors (Lipinski definition) is 3. The van der Waals surface area contributed by atoms with Crippen LogP contribution in [0.5, 0.6) is 0 Å². The van der Waals surface area contributed by atoms with Gasteiger partial charge in [-0.05, 0) is 49.9 Å². The van der Waals surface area contributed by atoms with Crippen LogP contribution >= 0.6 is 0 Å². The monoisotopic (exact) mass is 564 g/mol. The summed E-state index contributed by atoms with van der Waals surface area (Å²) in [6.07, 6.45) is 0.596. The molecule has 1 aliphatic carbocycles. The van der Waals surface area contributed by atoms with E-state index in [1.54, 1.807) is 41.5 Å². The molecule has 4 amide bonds. The van der Waals surface area contributed by atoms with Gasteiger partial charge in [-0.25, -0.2) is 4.79 Å². The minimum atomic E-state index is -1.25. The number of carbonyl (C=O) groups excluding carboxylic acids is 6. The molecular formula is C28H44N4O8. The second-order valence-corrected chi connectivity index (χ2v) is 13.0. The van der Waals surface area contributed by atoms with Crippen LogP contribution in [0.15, 0.2) is 12.7 Å². The topological polar surface area (TPSA) is 160 Å². The van der Waals surface area contributed by atoms with Crippen LogP contribution in [-0.2, 0) is 33.4 Å². The van der Waals surface area contributed by atoms with Crippen molar-refractivity contribution in [2.75, 3.05) is 20.2 Å². The van der Waals surface area contributed by atoms with E-state index in [0.717, 1.165) is 7.11 Å². The number of nitrogens with zero attached hydrogens (tertiary/aromatic N) is 1. The maximum Gasteiger partial charge on any atom is 0.408 e. The molecule has 2 aliphatic rings. The van der Waals surface area contributed by atoms with Crippen molar-refractivity contribution in [2.24, 2.45) is 22.7 Å². The highest BCUT2D eigenvalue weighted by molar-refractivity contribution is 6.38. The Morgan fingerprint density at radius 1 is 1.05 bits per heavy atom. The molecule has 5 atom stereocenters. The van der Waals surface area contributed by atoms with Gasteiger partial charge in [0.05, 0.1) is 7.11 Å². The molecule has 0 aromatic rings. The molecule has 3 N–H and O–H groups in total. The second kappa shape index (κ2) is 12.0. The predicted octanol–water partition coefficient (Wildman–Crippen LogP) is 1.33. The molecule has 0 aromatic heterocycles. The van der Waals surface area contributed by atoms with Crippen molar-refractivity contribution in [1.29, 1.82) is 0 Å². The van der Waals surface area contributed by atoms with E-state index in [9.17, 15) is 28.8 Å². The third-order valence-electron chi connectivity index (χ3n) is 7.41. The molecule has 224 valence electrons. The van der Waals surface area contributed by atoms with Gasteiger partial charge in [0.15, 0.2) is 0 Å². The lowest BCUT2D eigenvalue weighted by Gasteiger charge is -2.38. The number of esters is 1. The van der Waals surface area contributed by atoms with E-state index in [1.165, 1.54) is 11.0 Å². The number of rotatable bonds is 10. The number of amides is 4. The summed E-state index contributed by atoms with van der Waals surface area (Å²) in [5.41, 5.74) is -1.70. The summed E-state index contributed by atoms with van der Waals surface area (Å²) in [6.45, 7) is 18.0. The van der Waals surface area contributed by atoms with Crippen LogP contribution in [0.3, 0.4) is 0 Å². The summed E-state index contributed by atoms with van der Waals surface area (Å²) in [5.74, 6) is -3.91.